The van der Waals surface area contributed by atoms with E-state index in [4.69, 9.17) is 0 Å². The first kappa shape index (κ1) is 68.9. The van der Waals surface area contributed by atoms with Gasteiger partial charge in [-0.3, -0.25) is 43.7 Å². The van der Waals surface area contributed by atoms with Gasteiger partial charge in [0.2, 0.25) is 23.6 Å². The summed E-state index contributed by atoms with van der Waals surface area (Å²) in [6.45, 7) is 5.45. The molecule has 7 rings (SSSR count). The smallest absolute Gasteiger partial charge is 0.320 e. The van der Waals surface area contributed by atoms with Gasteiger partial charge in [0.1, 0.15) is 0 Å². The normalized spacial score (nSPS) is 11.3. The molecular formula is C72H89N7O8. The number of hydrogen-bond acceptors (Lipinski definition) is 11. The van der Waals surface area contributed by atoms with Crippen molar-refractivity contribution in [3.63, 3.8) is 0 Å². The van der Waals surface area contributed by atoms with Crippen LogP contribution in [0.2, 0.25) is 0 Å². The number of nitrogens with zero attached hydrogens (tertiary/aromatic N) is 5. The molecule has 2 N–H and O–H groups in total. The minimum Gasteiger partial charge on any atom is -0.468 e. The number of aromatic nitrogens is 3. The number of rotatable bonds is 33. The molecule has 4 aromatic carbocycles. The number of methoxy groups -OCH3 is 2. The van der Waals surface area contributed by atoms with E-state index in [1.54, 1.807) is 47.0 Å². The molecule has 15 nitrogen and oxygen atoms in total. The maximum Gasteiger partial charge on any atom is 0.320 e. The van der Waals surface area contributed by atoms with Crippen LogP contribution >= 0.6 is 0 Å². The second kappa shape index (κ2) is 41.2. The molecule has 87 heavy (non-hydrogen) atoms. The highest BCUT2D eigenvalue weighted by molar-refractivity contribution is 5.94. The van der Waals surface area contributed by atoms with Crippen molar-refractivity contribution in [1.29, 1.82) is 0 Å². The number of carbonyl (C=O) groups excluding carboxylic acids is 6. The van der Waals surface area contributed by atoms with E-state index in [-0.39, 0.29) is 48.8 Å². The molecule has 15 heteroatoms. The zero-order chi connectivity index (χ0) is 62.1. The Labute approximate surface area is 515 Å². The van der Waals surface area contributed by atoms with Gasteiger partial charge < -0.3 is 29.9 Å². The molecule has 0 bridgehead atoms. The summed E-state index contributed by atoms with van der Waals surface area (Å²) in [5.41, 5.74) is 8.23. The highest BCUT2D eigenvalue weighted by Gasteiger charge is 2.28. The van der Waals surface area contributed by atoms with Crippen LogP contribution in [0.1, 0.15) is 111 Å². The number of hydrogen-bond donors (Lipinski definition) is 2. The van der Waals surface area contributed by atoms with E-state index in [9.17, 15) is 28.8 Å². The van der Waals surface area contributed by atoms with Gasteiger partial charge in [0.05, 0.1) is 27.3 Å². The summed E-state index contributed by atoms with van der Waals surface area (Å²) in [5, 5.41) is 6.33. The second-order valence-electron chi connectivity index (χ2n) is 21.4. The van der Waals surface area contributed by atoms with Gasteiger partial charge in [0.25, 0.3) is 0 Å². The minimum atomic E-state index is -0.863. The third-order valence-electron chi connectivity index (χ3n) is 15.0. The van der Waals surface area contributed by atoms with E-state index >= 15 is 0 Å². The molecule has 460 valence electrons. The highest BCUT2D eigenvalue weighted by atomic mass is 16.5. The summed E-state index contributed by atoms with van der Waals surface area (Å²) >= 11 is 0. The van der Waals surface area contributed by atoms with Crippen LogP contribution in [0.5, 0.6) is 0 Å². The Morgan fingerprint density at radius 2 is 0.678 bits per heavy atom. The number of carbonyl (C=O) groups is 6. The van der Waals surface area contributed by atoms with Gasteiger partial charge in [-0.1, -0.05) is 135 Å². The van der Waals surface area contributed by atoms with Crippen molar-refractivity contribution < 1.29 is 38.2 Å². The van der Waals surface area contributed by atoms with Gasteiger partial charge in [0, 0.05) is 75.2 Å². The largest absolute Gasteiger partial charge is 0.468 e. The van der Waals surface area contributed by atoms with Gasteiger partial charge in [-0.2, -0.15) is 0 Å². The van der Waals surface area contributed by atoms with Crippen LogP contribution in [0.15, 0.2) is 195 Å². The van der Waals surface area contributed by atoms with E-state index in [1.807, 2.05) is 109 Å². The Bertz CT molecular complexity index is 2840. The highest BCUT2D eigenvalue weighted by Crippen LogP contribution is 2.15. The zero-order valence-electron chi connectivity index (χ0n) is 51.4. The fraction of sp³-hybridized carbons (Fsp3) is 0.375. The van der Waals surface area contributed by atoms with Crippen LogP contribution in [-0.2, 0) is 83.2 Å². The van der Waals surface area contributed by atoms with E-state index < -0.39 is 17.9 Å². The summed E-state index contributed by atoms with van der Waals surface area (Å²) in [6.07, 6.45) is 22.2. The summed E-state index contributed by atoms with van der Waals surface area (Å²) < 4.78 is 9.14. The van der Waals surface area contributed by atoms with Crippen LogP contribution in [-0.4, -0.2) is 113 Å². The number of ether oxygens (including phenoxy) is 2. The Morgan fingerprint density at radius 3 is 0.989 bits per heavy atom. The third kappa shape index (κ3) is 28.3. The molecule has 3 heterocycles. The zero-order valence-corrected chi connectivity index (χ0v) is 51.4. The molecule has 0 unspecified atom stereocenters. The SMILES string of the molecule is CC[C@@H](CCc1ccccc1)NC(=O)CN(CCc1ccccc1)C(=O)CCCc1ccncc1.CC[C@@H](CCc1ccccc1)NC(=O)CN(CCc1ccccc1)C(=O)CCCc1ccncc1.COC(=O)C(CCc1ccncc1)C(=O)OC. The van der Waals surface area contributed by atoms with E-state index in [1.165, 1.54) is 36.5 Å². The van der Waals surface area contributed by atoms with Gasteiger partial charge in [-0.15, -0.1) is 0 Å². The van der Waals surface area contributed by atoms with Crippen LogP contribution in [0, 0.1) is 5.92 Å². The molecule has 0 saturated heterocycles. The van der Waals surface area contributed by atoms with Crippen molar-refractivity contribution in [2.24, 2.45) is 5.92 Å². The molecule has 2 atom stereocenters. The van der Waals surface area contributed by atoms with Crippen molar-refractivity contribution >= 4 is 35.6 Å². The van der Waals surface area contributed by atoms with Gasteiger partial charge >= 0.3 is 11.9 Å². The second-order valence-corrected chi connectivity index (χ2v) is 21.4. The molecule has 0 radical (unpaired) electrons. The molecule has 0 aliphatic rings. The quantitative estimate of drug-likeness (QED) is 0.0294. The first-order valence-corrected chi connectivity index (χ1v) is 30.6. The first-order valence-electron chi connectivity index (χ1n) is 30.6. The fourth-order valence-electron chi connectivity index (χ4n) is 9.80. The van der Waals surface area contributed by atoms with Crippen molar-refractivity contribution in [2.45, 2.75) is 129 Å². The van der Waals surface area contributed by atoms with Crippen LogP contribution in [0.3, 0.4) is 0 Å². The van der Waals surface area contributed by atoms with Crippen LogP contribution in [0.4, 0.5) is 0 Å². The summed E-state index contributed by atoms with van der Waals surface area (Å²) in [5.74, 6) is -2.10. The lowest BCUT2D eigenvalue weighted by Gasteiger charge is -2.24. The fourth-order valence-corrected chi connectivity index (χ4v) is 9.80. The number of benzene rings is 4. The van der Waals surface area contributed by atoms with Gasteiger partial charge in [0.15, 0.2) is 5.92 Å². The molecular weight excluding hydrogens is 1090 g/mol. The summed E-state index contributed by atoms with van der Waals surface area (Å²) in [4.78, 5) is 90.3. The summed E-state index contributed by atoms with van der Waals surface area (Å²) in [6, 6.07) is 52.7. The van der Waals surface area contributed by atoms with Crippen LogP contribution < -0.4 is 10.6 Å². The Morgan fingerprint density at radius 1 is 0.391 bits per heavy atom. The number of esters is 2. The Hall–Kier alpha value is -8.85. The van der Waals surface area contributed by atoms with Crippen molar-refractivity contribution in [2.75, 3.05) is 40.4 Å². The Balaban J connectivity index is 0.000000253. The lowest BCUT2D eigenvalue weighted by Crippen LogP contribution is -2.45. The Kier molecular flexibility index (Phi) is 32.7. The average molecular weight is 1180 g/mol. The number of nitrogens with one attached hydrogen (secondary N) is 2. The topological polar surface area (TPSA) is 190 Å². The minimum absolute atomic E-state index is 0.0301. The number of aryl methyl sites for hydroxylation is 5. The van der Waals surface area contributed by atoms with Crippen LogP contribution in [0.25, 0.3) is 0 Å². The monoisotopic (exact) mass is 1180 g/mol. The molecule has 0 aliphatic heterocycles. The first-order chi connectivity index (χ1) is 42.5. The maximum atomic E-state index is 13.1. The number of amides is 4. The van der Waals surface area contributed by atoms with E-state index in [0.717, 1.165) is 93.7 Å². The molecule has 0 fully saturated rings. The van der Waals surface area contributed by atoms with E-state index in [2.05, 4.69) is 97.4 Å². The van der Waals surface area contributed by atoms with E-state index in [0.29, 0.717) is 38.8 Å². The lowest BCUT2D eigenvalue weighted by atomic mass is 10.0. The predicted molar refractivity (Wildman–Crippen MR) is 342 cm³/mol. The molecule has 0 spiro atoms. The van der Waals surface area contributed by atoms with Gasteiger partial charge in [-0.05, 0) is 165 Å². The molecule has 0 aliphatic carbocycles. The predicted octanol–water partition coefficient (Wildman–Crippen LogP) is 11.0. The third-order valence-corrected chi connectivity index (χ3v) is 15.0. The molecule has 4 amide bonds. The molecule has 3 aromatic heterocycles. The average Bonchev–Trinajstić information content (AvgIpc) is 3.59. The standard InChI is InChI=1S/2C30H37N3O2.C12H15NO4/c2*1-2-28(17-16-25-10-5-3-6-11-25)32-29(34)24-33(23-20-26-12-7-4-8-13-26)30(35)15-9-14-27-18-21-31-22-19-27;1-16-11(14)10(12(15)17-2)4-3-9-5-7-13-8-6-9/h2*3-8,10-13,18-19,21-22,28H,2,9,14-17,20,23-24H2,1H3,(H,32,34);5-8,10H,3-4H2,1-2H3/t2*28-;/m00./s1. The van der Waals surface area contributed by atoms with Crippen molar-refractivity contribution in [3.8, 4) is 0 Å². The molecule has 7 aromatic rings. The maximum absolute atomic E-state index is 13.1. The summed E-state index contributed by atoms with van der Waals surface area (Å²) in [7, 11) is 2.51. The number of pyridine rings is 3. The molecule has 0 saturated carbocycles. The van der Waals surface area contributed by atoms with Gasteiger partial charge in [-0.25, -0.2) is 0 Å². The van der Waals surface area contributed by atoms with Crippen molar-refractivity contribution in [3.05, 3.63) is 234 Å². The lowest BCUT2D eigenvalue weighted by molar-refractivity contribution is -0.159. The van der Waals surface area contributed by atoms with Crippen molar-refractivity contribution in [1.82, 2.24) is 35.4 Å².